The molecular formula is H4B2O8S. The van der Waals surface area contributed by atoms with Crippen molar-refractivity contribution >= 4 is 25.0 Å². The first-order valence-electron chi connectivity index (χ1n) is 2.17. The van der Waals surface area contributed by atoms with Gasteiger partial charge in [-0.2, -0.15) is 8.42 Å². The van der Waals surface area contributed by atoms with Crippen LogP contribution in [0, 0.1) is 0 Å². The average molecular weight is 186 g/mol. The van der Waals surface area contributed by atoms with Gasteiger partial charge in [0.1, 0.15) is 0 Å². The van der Waals surface area contributed by atoms with E-state index in [1.54, 1.807) is 0 Å². The van der Waals surface area contributed by atoms with E-state index in [4.69, 9.17) is 20.1 Å². The van der Waals surface area contributed by atoms with Crippen molar-refractivity contribution in [2.75, 3.05) is 0 Å². The van der Waals surface area contributed by atoms with E-state index in [0.717, 1.165) is 0 Å². The van der Waals surface area contributed by atoms with E-state index in [9.17, 15) is 8.42 Å². The molecule has 0 aliphatic carbocycles. The van der Waals surface area contributed by atoms with Crippen LogP contribution in [0.1, 0.15) is 0 Å². The maximum atomic E-state index is 10.2. The Morgan fingerprint density at radius 2 is 1.18 bits per heavy atom. The van der Waals surface area contributed by atoms with Gasteiger partial charge in [0.15, 0.2) is 0 Å². The molecule has 0 fully saturated rings. The molecule has 0 saturated carbocycles. The van der Waals surface area contributed by atoms with Gasteiger partial charge in [0, 0.05) is 0 Å². The second-order valence-electron chi connectivity index (χ2n) is 1.25. The third-order valence-electron chi connectivity index (χ3n) is 0.408. The smallest absolute Gasteiger partial charge is 0.401 e. The fourth-order valence-electron chi connectivity index (χ4n) is 0.233. The van der Waals surface area contributed by atoms with Crippen LogP contribution in [0.4, 0.5) is 0 Å². The molecule has 4 N–H and O–H groups in total. The van der Waals surface area contributed by atoms with Crippen LogP contribution in [-0.4, -0.2) is 43.2 Å². The third kappa shape index (κ3) is 6.25. The summed E-state index contributed by atoms with van der Waals surface area (Å²) in [7, 11) is -9.98. The molecule has 11 heteroatoms. The molecule has 0 heterocycles. The molecule has 64 valence electrons. The lowest BCUT2D eigenvalue weighted by Crippen LogP contribution is -2.29. The summed E-state index contributed by atoms with van der Waals surface area (Å²) < 4.78 is 26.9. The van der Waals surface area contributed by atoms with Crippen LogP contribution in [-0.2, 0) is 18.6 Å². The Hall–Kier alpha value is -0.160. The van der Waals surface area contributed by atoms with Gasteiger partial charge >= 0.3 is 25.0 Å². The highest BCUT2D eigenvalue weighted by Gasteiger charge is 2.27. The van der Waals surface area contributed by atoms with Crippen molar-refractivity contribution in [3.8, 4) is 0 Å². The molecule has 0 aliphatic heterocycles. The predicted molar refractivity (Wildman–Crippen MR) is 31.5 cm³/mol. The molecule has 0 unspecified atom stereocenters. The zero-order valence-electron chi connectivity index (χ0n) is 4.98. The second-order valence-corrected chi connectivity index (χ2v) is 2.45. The van der Waals surface area contributed by atoms with E-state index in [-0.39, 0.29) is 0 Å². The standard InChI is InChI=1S/B2H4O8S/c3-1(4)9-11(7,8)10-2(5)6/h3-6H. The first-order valence-corrected chi connectivity index (χ1v) is 3.50. The molecular weight excluding hydrogens is 182 g/mol. The normalized spacial score (nSPS) is 11.3. The molecule has 0 radical (unpaired) electrons. The summed E-state index contributed by atoms with van der Waals surface area (Å²) in [6, 6.07) is 0. The lowest BCUT2D eigenvalue weighted by molar-refractivity contribution is 0.240. The van der Waals surface area contributed by atoms with E-state index >= 15 is 0 Å². The van der Waals surface area contributed by atoms with Gasteiger partial charge in [-0.1, -0.05) is 0 Å². The largest absolute Gasteiger partial charge is 0.650 e. The highest BCUT2D eigenvalue weighted by atomic mass is 32.3. The third-order valence-corrected chi connectivity index (χ3v) is 1.22. The second kappa shape index (κ2) is 4.01. The maximum absolute atomic E-state index is 10.2. The molecule has 0 amide bonds. The summed E-state index contributed by atoms with van der Waals surface area (Å²) in [4.78, 5) is 0. The minimum Gasteiger partial charge on any atom is -0.401 e. The Morgan fingerprint density at radius 1 is 0.909 bits per heavy atom. The molecule has 0 aromatic heterocycles. The SMILES string of the molecule is O=S(=O)(OB(O)O)OB(O)O. The van der Waals surface area contributed by atoms with E-state index in [2.05, 4.69) is 8.20 Å². The molecule has 0 atom stereocenters. The minimum atomic E-state index is -4.78. The van der Waals surface area contributed by atoms with Gasteiger partial charge in [-0.15, -0.1) is 0 Å². The summed E-state index contributed by atoms with van der Waals surface area (Å²) >= 11 is 0. The van der Waals surface area contributed by atoms with Gasteiger partial charge in [0.05, 0.1) is 0 Å². The summed E-state index contributed by atoms with van der Waals surface area (Å²) in [5.74, 6) is 0. The van der Waals surface area contributed by atoms with Gasteiger partial charge in [-0.3, -0.25) is 0 Å². The minimum absolute atomic E-state index is 2.60. The number of hydrogen-bond acceptors (Lipinski definition) is 8. The predicted octanol–water partition coefficient (Wildman–Crippen LogP) is -3.80. The van der Waals surface area contributed by atoms with Gasteiger partial charge in [0.2, 0.25) is 0 Å². The topological polar surface area (TPSA) is 134 Å². The Balaban J connectivity index is 4.03. The Morgan fingerprint density at radius 3 is 1.36 bits per heavy atom. The lowest BCUT2D eigenvalue weighted by Gasteiger charge is -2.02. The van der Waals surface area contributed by atoms with Crippen LogP contribution in [0.2, 0.25) is 0 Å². The Bertz CT molecular complexity index is 174. The summed E-state index contributed by atoms with van der Waals surface area (Å²) in [5.41, 5.74) is 0. The molecule has 0 spiro atoms. The first-order chi connectivity index (χ1) is 4.83. The van der Waals surface area contributed by atoms with Crippen LogP contribution in [0.25, 0.3) is 0 Å². The zero-order chi connectivity index (χ0) is 9.07. The van der Waals surface area contributed by atoms with Crippen molar-refractivity contribution in [2.45, 2.75) is 0 Å². The van der Waals surface area contributed by atoms with Crippen LogP contribution in [0.5, 0.6) is 0 Å². The fourth-order valence-corrected chi connectivity index (χ4v) is 0.700. The summed E-state index contributed by atoms with van der Waals surface area (Å²) in [5, 5.41) is 31.6. The van der Waals surface area contributed by atoms with Crippen LogP contribution in [0.3, 0.4) is 0 Å². The van der Waals surface area contributed by atoms with Crippen molar-refractivity contribution in [1.82, 2.24) is 0 Å². The van der Waals surface area contributed by atoms with E-state index in [1.807, 2.05) is 0 Å². The van der Waals surface area contributed by atoms with Gasteiger partial charge in [-0.05, 0) is 0 Å². The molecule has 0 saturated heterocycles. The fraction of sp³-hybridized carbons (Fsp3) is 0. The molecule has 0 aliphatic rings. The van der Waals surface area contributed by atoms with Gasteiger partial charge in [0.25, 0.3) is 0 Å². The molecule has 0 aromatic carbocycles. The molecule has 8 nitrogen and oxygen atoms in total. The maximum Gasteiger partial charge on any atom is 0.650 e. The van der Waals surface area contributed by atoms with E-state index in [0.29, 0.717) is 0 Å². The van der Waals surface area contributed by atoms with E-state index in [1.165, 1.54) is 0 Å². The summed E-state index contributed by atoms with van der Waals surface area (Å²) in [6.07, 6.45) is 0. The molecule has 0 aromatic rings. The van der Waals surface area contributed by atoms with Crippen LogP contribution < -0.4 is 0 Å². The monoisotopic (exact) mass is 186 g/mol. The van der Waals surface area contributed by atoms with Gasteiger partial charge in [-0.25, -0.2) is 8.20 Å². The van der Waals surface area contributed by atoms with Crippen LogP contribution in [0.15, 0.2) is 0 Å². The van der Waals surface area contributed by atoms with Crippen molar-refractivity contribution in [2.24, 2.45) is 0 Å². The van der Waals surface area contributed by atoms with Crippen molar-refractivity contribution in [1.29, 1.82) is 0 Å². The zero-order valence-corrected chi connectivity index (χ0v) is 5.80. The van der Waals surface area contributed by atoms with Crippen LogP contribution >= 0.6 is 0 Å². The molecule has 0 bridgehead atoms. The highest BCUT2D eigenvalue weighted by Crippen LogP contribution is 1.95. The quantitative estimate of drug-likeness (QED) is 0.328. The molecule has 11 heavy (non-hydrogen) atoms. The average Bonchev–Trinajstić information content (AvgIpc) is 1.53. The Labute approximate surface area is 62.7 Å². The number of hydrogen-bond donors (Lipinski definition) is 4. The van der Waals surface area contributed by atoms with Gasteiger partial charge < -0.3 is 20.1 Å². The van der Waals surface area contributed by atoms with Crippen molar-refractivity contribution < 1.29 is 36.7 Å². The highest BCUT2D eigenvalue weighted by molar-refractivity contribution is 7.83. The first kappa shape index (κ1) is 10.8. The lowest BCUT2D eigenvalue weighted by atomic mass is 10.3. The number of rotatable bonds is 4. The van der Waals surface area contributed by atoms with Crippen molar-refractivity contribution in [3.05, 3.63) is 0 Å². The van der Waals surface area contributed by atoms with Crippen molar-refractivity contribution in [3.63, 3.8) is 0 Å². The molecule has 0 rings (SSSR count). The summed E-state index contributed by atoms with van der Waals surface area (Å²) in [6.45, 7) is 0. The Kier molecular flexibility index (Phi) is 3.96. The van der Waals surface area contributed by atoms with E-state index < -0.39 is 25.0 Å².